The van der Waals surface area contributed by atoms with E-state index in [-0.39, 0.29) is 5.41 Å². The van der Waals surface area contributed by atoms with Gasteiger partial charge in [-0.15, -0.1) is 159 Å². The van der Waals surface area contributed by atoms with Crippen LogP contribution in [-0.4, -0.2) is 0 Å². The molecule has 14 aromatic rings. The lowest BCUT2D eigenvalue weighted by atomic mass is 9.87. The fraction of sp³-hybridized carbons (Fsp3) is 0.488. The normalized spacial score (nSPS) is 12.0. The van der Waals surface area contributed by atoms with Crippen LogP contribution in [0.4, 0.5) is 0 Å². The first-order valence-electron chi connectivity index (χ1n) is 34.2. The van der Waals surface area contributed by atoms with Gasteiger partial charge in [-0.2, -0.15) is 0 Å². The Morgan fingerprint density at radius 1 is 0.302 bits per heavy atom. The van der Waals surface area contributed by atoms with Crippen LogP contribution in [0.1, 0.15) is 223 Å². The van der Waals surface area contributed by atoms with E-state index in [9.17, 15) is 0 Å². The number of rotatable bonds is 8. The molecule has 0 spiro atoms. The molecule has 0 aliphatic carbocycles. The Hall–Kier alpha value is -2.38. The molecule has 520 valence electrons. The molecule has 14 heterocycles. The van der Waals surface area contributed by atoms with Gasteiger partial charge in [0.1, 0.15) is 0 Å². The second-order valence-corrected chi connectivity index (χ2v) is 47.8. The van der Waals surface area contributed by atoms with Crippen molar-refractivity contribution in [1.82, 2.24) is 0 Å². The first-order chi connectivity index (χ1) is 44.7. The fourth-order valence-electron chi connectivity index (χ4n) is 12.7. The van der Waals surface area contributed by atoms with Gasteiger partial charge in [0.25, 0.3) is 0 Å². The molecule has 96 heavy (non-hydrogen) atoms. The minimum absolute atomic E-state index is 0.277. The van der Waals surface area contributed by atoms with Crippen molar-refractivity contribution >= 4 is 225 Å². The van der Waals surface area contributed by atoms with Crippen LogP contribution in [0.2, 0.25) is 0 Å². The molecule has 0 unspecified atom stereocenters. The van der Waals surface area contributed by atoms with Gasteiger partial charge in [-0.3, -0.25) is 0 Å². The zero-order valence-corrected chi connectivity index (χ0v) is 74.6. The van der Waals surface area contributed by atoms with Crippen LogP contribution >= 0.6 is 159 Å². The maximum Gasteiger partial charge on any atom is 0.0493 e. The number of fused-ring (bicyclic) bond motifs is 7. The van der Waals surface area contributed by atoms with E-state index >= 15 is 0 Å². The summed E-state index contributed by atoms with van der Waals surface area (Å²) in [5, 5.41) is 0. The van der Waals surface area contributed by atoms with Crippen LogP contribution in [0.3, 0.4) is 0 Å². The van der Waals surface area contributed by atoms with E-state index in [1.54, 1.807) is 48.3 Å². The Labute approximate surface area is 634 Å². The number of thiophene rings is 14. The van der Waals surface area contributed by atoms with Crippen molar-refractivity contribution in [2.45, 2.75) is 251 Å². The molecule has 0 nitrogen and oxygen atoms in total. The monoisotopic (exact) mass is 1540 g/mol. The van der Waals surface area contributed by atoms with Crippen molar-refractivity contribution < 1.29 is 0 Å². The van der Waals surface area contributed by atoms with Crippen LogP contribution in [0, 0.1) is 114 Å². The van der Waals surface area contributed by atoms with Crippen molar-refractivity contribution in [3.05, 3.63) is 150 Å². The first kappa shape index (κ1) is 79.3. The summed E-state index contributed by atoms with van der Waals surface area (Å²) >= 11 is 27.2. The van der Waals surface area contributed by atoms with Crippen LogP contribution in [0.5, 0.6) is 0 Å². The zero-order chi connectivity index (χ0) is 71.0. The average molecular weight is 1540 g/mol. The second kappa shape index (κ2) is 32.9. The van der Waals surface area contributed by atoms with Crippen LogP contribution < -0.4 is 0 Å². The summed E-state index contributed by atoms with van der Waals surface area (Å²) in [5.74, 6) is 1.42. The predicted molar refractivity (Wildman–Crippen MR) is 465 cm³/mol. The van der Waals surface area contributed by atoms with Crippen LogP contribution in [0.15, 0.2) is 42.5 Å². The fourth-order valence-corrected chi connectivity index (χ4v) is 30.9. The highest BCUT2D eigenvalue weighted by molar-refractivity contribution is 7.31. The maximum atomic E-state index is 2.32. The van der Waals surface area contributed by atoms with E-state index in [0.29, 0.717) is 16.7 Å². The summed E-state index contributed by atoms with van der Waals surface area (Å²) in [6.45, 7) is 65.5. The maximum absolute atomic E-state index is 2.32. The molecular weight excluding hydrogens is 1430 g/mol. The molecule has 0 saturated carbocycles. The molecule has 14 heteroatoms. The standard InChI is InChI=1S/2C13H18S2.2C12H16S2.2C11H14S2.C10H12S2/c2*1-8-6-11-12(14-8)10(9(2)15-11)7-13(3,4)5;1-7-6-9-11(13-7)10(8(2)14-9)12(3,4)5;1-7(2)5-10-9(4)14-11-6-8(3)13-12(10)11;1-6(2)10-8(4)13-9-5-7(3)12-11(9)10;1-4-5-9-8(3)13-10-6-7(2)12-11(9)10;1-4-8-7(3)12-9-5-6(2)11-10(8)9/h2*6H,7H2,1-5H3;6H,1-5H3;6-7H,5H2,1-4H3;5-6H,1-4H3;6H,4-5H2,1-3H3;5H,4H2,1-3H3. The van der Waals surface area contributed by atoms with Gasteiger partial charge in [-0.25, -0.2) is 0 Å². The van der Waals surface area contributed by atoms with E-state index in [4.69, 9.17) is 0 Å². The third kappa shape index (κ3) is 19.9. The lowest BCUT2D eigenvalue weighted by Crippen LogP contribution is -2.11. The average Bonchev–Trinajstić information content (AvgIpc) is 1.68. The van der Waals surface area contributed by atoms with Crippen molar-refractivity contribution in [2.24, 2.45) is 16.7 Å². The third-order valence-corrected chi connectivity index (χ3v) is 32.7. The Kier molecular flexibility index (Phi) is 27.2. The minimum atomic E-state index is 0.277. The predicted octanol–water partition coefficient (Wildman–Crippen LogP) is 33.4. The topological polar surface area (TPSA) is 0 Å². The largest absolute Gasteiger partial charge is 0.139 e. The van der Waals surface area contributed by atoms with Crippen molar-refractivity contribution in [3.8, 4) is 0 Å². The second-order valence-electron chi connectivity index (χ2n) is 30.2. The highest BCUT2D eigenvalue weighted by Gasteiger charge is 2.24. The van der Waals surface area contributed by atoms with Crippen LogP contribution in [-0.2, 0) is 37.5 Å². The molecule has 0 radical (unpaired) electrons. The Morgan fingerprint density at radius 3 is 0.906 bits per heavy atom. The quantitative estimate of drug-likeness (QED) is 0.142. The smallest absolute Gasteiger partial charge is 0.0493 e. The molecule has 0 aromatic carbocycles. The van der Waals surface area contributed by atoms with Crippen LogP contribution in [0.25, 0.3) is 65.8 Å². The lowest BCUT2D eigenvalue weighted by Gasteiger charge is -2.18. The van der Waals surface area contributed by atoms with E-state index in [0.717, 1.165) is 5.92 Å². The Balaban J connectivity index is 0.000000143. The highest BCUT2D eigenvalue weighted by Crippen LogP contribution is 2.46. The number of hydrogen-bond acceptors (Lipinski definition) is 14. The summed E-state index contributed by atoms with van der Waals surface area (Å²) in [7, 11) is 0. The molecule has 0 bridgehead atoms. The molecule has 0 fully saturated rings. The van der Waals surface area contributed by atoms with Gasteiger partial charge in [0.2, 0.25) is 0 Å². The molecule has 0 atom stereocenters. The third-order valence-electron chi connectivity index (χ3n) is 16.5. The molecule has 0 saturated heterocycles. The van der Waals surface area contributed by atoms with Crippen molar-refractivity contribution in [1.29, 1.82) is 0 Å². The molecule has 14 aromatic heterocycles. The van der Waals surface area contributed by atoms with Crippen molar-refractivity contribution in [2.75, 3.05) is 0 Å². The molecular formula is C82H108S14. The number of hydrogen-bond donors (Lipinski definition) is 0. The lowest BCUT2D eigenvalue weighted by molar-refractivity contribution is 0.412. The molecule has 0 aliphatic heterocycles. The van der Waals surface area contributed by atoms with Crippen molar-refractivity contribution in [3.63, 3.8) is 0 Å². The summed E-state index contributed by atoms with van der Waals surface area (Å²) in [6.07, 6.45) is 7.28. The molecule has 14 rings (SSSR count). The first-order valence-corrected chi connectivity index (χ1v) is 45.6. The SMILES string of the molecule is CCCc1c(C)sc2cc(C)sc12.CCc1c(C)sc2cc(C)sc12.Cc1cc2sc(C)c(C(C)(C)C)c2s1.Cc1cc2sc(C)c(C(C)C)c2s1.Cc1cc2sc(C)c(CC(C)(C)C)c2s1.Cc1cc2sc(C)c(CC(C)(C)C)c2s1.Cc1cc2sc(C)c(CC(C)C)c2s1. The highest BCUT2D eigenvalue weighted by atomic mass is 32.2. The van der Waals surface area contributed by atoms with Gasteiger partial charge < -0.3 is 0 Å². The van der Waals surface area contributed by atoms with E-state index < -0.39 is 0 Å². The minimum Gasteiger partial charge on any atom is -0.139 e. The summed E-state index contributed by atoms with van der Waals surface area (Å²) < 4.78 is 21.1. The van der Waals surface area contributed by atoms with E-state index in [1.165, 1.54) is 163 Å². The van der Waals surface area contributed by atoms with Gasteiger partial charge in [-0.1, -0.05) is 110 Å². The molecule has 0 N–H and O–H groups in total. The Bertz CT molecular complexity index is 4750. The van der Waals surface area contributed by atoms with Gasteiger partial charge in [0, 0.05) is 134 Å². The molecule has 0 amide bonds. The van der Waals surface area contributed by atoms with Gasteiger partial charge >= 0.3 is 0 Å². The summed E-state index contributed by atoms with van der Waals surface area (Å²) in [6, 6.07) is 16.2. The van der Waals surface area contributed by atoms with Gasteiger partial charge in [0.05, 0.1) is 0 Å². The molecule has 0 aliphatic rings. The van der Waals surface area contributed by atoms with E-state index in [1.807, 2.05) is 159 Å². The summed E-state index contributed by atoms with van der Waals surface area (Å²) in [5.41, 5.74) is 12.1. The van der Waals surface area contributed by atoms with E-state index in [2.05, 4.69) is 243 Å². The number of aryl methyl sites for hydroxylation is 16. The summed E-state index contributed by atoms with van der Waals surface area (Å²) in [4.78, 5) is 20.6. The van der Waals surface area contributed by atoms with Gasteiger partial charge in [0.15, 0.2) is 0 Å². The Morgan fingerprint density at radius 2 is 0.573 bits per heavy atom. The van der Waals surface area contributed by atoms with Gasteiger partial charge in [-0.05, 0) is 239 Å². The zero-order valence-electron chi connectivity index (χ0n) is 63.2.